The normalized spacial score (nSPS) is 20.1. The molecule has 1 aromatic heterocycles. The Labute approximate surface area is 158 Å². The number of rotatable bonds is 8. The van der Waals surface area contributed by atoms with E-state index in [4.69, 9.17) is 4.74 Å². The molecule has 0 unspecified atom stereocenters. The highest BCUT2D eigenvalue weighted by molar-refractivity contribution is 5.56. The SMILES string of the molecule is CCCCCC1CCC(c2cnc(-c3ccc(OCC)cc3)nc2)CC1. The molecule has 1 heterocycles. The molecule has 3 nitrogen and oxygen atoms in total. The second-order valence-electron chi connectivity index (χ2n) is 7.51. The third kappa shape index (κ3) is 5.06. The first-order valence-corrected chi connectivity index (χ1v) is 10.3. The van der Waals surface area contributed by atoms with E-state index in [1.165, 1.54) is 56.9 Å². The van der Waals surface area contributed by atoms with E-state index in [0.29, 0.717) is 12.5 Å². The number of benzene rings is 1. The molecule has 1 aromatic carbocycles. The third-order valence-electron chi connectivity index (χ3n) is 5.63. The van der Waals surface area contributed by atoms with Gasteiger partial charge in [-0.05, 0) is 74.3 Å². The Morgan fingerprint density at radius 1 is 0.923 bits per heavy atom. The monoisotopic (exact) mass is 352 g/mol. The summed E-state index contributed by atoms with van der Waals surface area (Å²) in [6.07, 6.45) is 15.0. The predicted octanol–water partition coefficient (Wildman–Crippen LogP) is 6.40. The molecular weight excluding hydrogens is 320 g/mol. The van der Waals surface area contributed by atoms with Gasteiger partial charge in [-0.1, -0.05) is 32.6 Å². The van der Waals surface area contributed by atoms with E-state index in [2.05, 4.69) is 16.9 Å². The zero-order valence-corrected chi connectivity index (χ0v) is 16.3. The van der Waals surface area contributed by atoms with Crippen LogP contribution < -0.4 is 4.74 Å². The van der Waals surface area contributed by atoms with E-state index in [9.17, 15) is 0 Å². The van der Waals surface area contributed by atoms with Gasteiger partial charge in [0.2, 0.25) is 0 Å². The van der Waals surface area contributed by atoms with Crippen molar-refractivity contribution in [3.05, 3.63) is 42.2 Å². The maximum atomic E-state index is 5.49. The van der Waals surface area contributed by atoms with Gasteiger partial charge in [-0.3, -0.25) is 0 Å². The van der Waals surface area contributed by atoms with Crippen LogP contribution in [0.2, 0.25) is 0 Å². The zero-order valence-electron chi connectivity index (χ0n) is 16.3. The molecule has 1 aliphatic carbocycles. The van der Waals surface area contributed by atoms with Gasteiger partial charge in [0.25, 0.3) is 0 Å². The van der Waals surface area contributed by atoms with E-state index in [-0.39, 0.29) is 0 Å². The Hall–Kier alpha value is -1.90. The van der Waals surface area contributed by atoms with Crippen LogP contribution in [0.25, 0.3) is 11.4 Å². The highest BCUT2D eigenvalue weighted by Crippen LogP contribution is 2.37. The van der Waals surface area contributed by atoms with Crippen molar-refractivity contribution in [2.24, 2.45) is 5.92 Å². The van der Waals surface area contributed by atoms with E-state index >= 15 is 0 Å². The molecule has 1 aliphatic rings. The summed E-state index contributed by atoms with van der Waals surface area (Å²) in [5.41, 5.74) is 2.35. The molecule has 0 aliphatic heterocycles. The lowest BCUT2D eigenvalue weighted by atomic mass is 9.77. The van der Waals surface area contributed by atoms with Gasteiger partial charge in [0.1, 0.15) is 5.75 Å². The van der Waals surface area contributed by atoms with E-state index in [1.807, 2.05) is 43.6 Å². The van der Waals surface area contributed by atoms with Gasteiger partial charge in [0.15, 0.2) is 5.82 Å². The molecule has 0 atom stereocenters. The Morgan fingerprint density at radius 3 is 2.23 bits per heavy atom. The summed E-state index contributed by atoms with van der Waals surface area (Å²) < 4.78 is 5.49. The van der Waals surface area contributed by atoms with E-state index < -0.39 is 0 Å². The minimum Gasteiger partial charge on any atom is -0.494 e. The standard InChI is InChI=1S/C23H32N2O/c1-3-5-6-7-18-8-10-19(11-9-18)21-16-24-23(25-17-21)20-12-14-22(15-13-20)26-4-2/h12-19H,3-11H2,1-2H3. The summed E-state index contributed by atoms with van der Waals surface area (Å²) >= 11 is 0. The average Bonchev–Trinajstić information content (AvgIpc) is 2.70. The summed E-state index contributed by atoms with van der Waals surface area (Å²) in [6, 6.07) is 8.02. The highest BCUT2D eigenvalue weighted by Gasteiger charge is 2.22. The van der Waals surface area contributed by atoms with Gasteiger partial charge in [-0.2, -0.15) is 0 Å². The summed E-state index contributed by atoms with van der Waals surface area (Å²) in [7, 11) is 0. The summed E-state index contributed by atoms with van der Waals surface area (Å²) in [4.78, 5) is 9.26. The fraction of sp³-hybridized carbons (Fsp3) is 0.565. The summed E-state index contributed by atoms with van der Waals surface area (Å²) in [6.45, 7) is 4.97. The molecule has 3 rings (SSSR count). The van der Waals surface area contributed by atoms with Gasteiger partial charge in [-0.25, -0.2) is 9.97 Å². The molecule has 1 saturated carbocycles. The predicted molar refractivity (Wildman–Crippen MR) is 107 cm³/mol. The van der Waals surface area contributed by atoms with Crippen molar-refractivity contribution < 1.29 is 4.74 Å². The molecule has 2 aromatic rings. The molecule has 0 amide bonds. The van der Waals surface area contributed by atoms with Crippen LogP contribution in [0.15, 0.2) is 36.7 Å². The quantitative estimate of drug-likeness (QED) is 0.516. The van der Waals surface area contributed by atoms with Crippen LogP contribution in [0.1, 0.15) is 76.7 Å². The number of nitrogens with zero attached hydrogens (tertiary/aromatic N) is 2. The second kappa shape index (κ2) is 9.70. The molecule has 0 bridgehead atoms. The van der Waals surface area contributed by atoms with Crippen LogP contribution >= 0.6 is 0 Å². The van der Waals surface area contributed by atoms with Crippen molar-refractivity contribution in [2.45, 2.75) is 71.1 Å². The molecule has 0 saturated heterocycles. The van der Waals surface area contributed by atoms with Crippen molar-refractivity contribution in [3.8, 4) is 17.1 Å². The topological polar surface area (TPSA) is 35.0 Å². The first kappa shape index (κ1) is 18.9. The molecule has 0 radical (unpaired) electrons. The zero-order chi connectivity index (χ0) is 18.2. The molecule has 1 fully saturated rings. The Balaban J connectivity index is 1.55. The maximum absolute atomic E-state index is 5.49. The number of hydrogen-bond acceptors (Lipinski definition) is 3. The fourth-order valence-corrected chi connectivity index (χ4v) is 4.03. The van der Waals surface area contributed by atoms with Crippen molar-refractivity contribution in [1.82, 2.24) is 9.97 Å². The second-order valence-corrected chi connectivity index (χ2v) is 7.51. The number of unbranched alkanes of at least 4 members (excludes halogenated alkanes) is 2. The van der Waals surface area contributed by atoms with E-state index in [0.717, 1.165) is 23.1 Å². The van der Waals surface area contributed by atoms with Crippen LogP contribution in [-0.4, -0.2) is 16.6 Å². The van der Waals surface area contributed by atoms with Crippen molar-refractivity contribution >= 4 is 0 Å². The lowest BCUT2D eigenvalue weighted by molar-refractivity contribution is 0.302. The molecule has 3 heteroatoms. The minimum atomic E-state index is 0.645. The number of hydrogen-bond donors (Lipinski definition) is 0. The van der Waals surface area contributed by atoms with Crippen LogP contribution in [0.5, 0.6) is 5.75 Å². The molecule has 0 spiro atoms. The van der Waals surface area contributed by atoms with Gasteiger partial charge < -0.3 is 4.74 Å². The first-order valence-electron chi connectivity index (χ1n) is 10.3. The summed E-state index contributed by atoms with van der Waals surface area (Å²) in [5.74, 6) is 3.28. The van der Waals surface area contributed by atoms with Crippen LogP contribution in [0.3, 0.4) is 0 Å². The smallest absolute Gasteiger partial charge is 0.159 e. The lowest BCUT2D eigenvalue weighted by Gasteiger charge is -2.28. The lowest BCUT2D eigenvalue weighted by Crippen LogP contribution is -2.14. The highest BCUT2D eigenvalue weighted by atomic mass is 16.5. The van der Waals surface area contributed by atoms with Gasteiger partial charge >= 0.3 is 0 Å². The van der Waals surface area contributed by atoms with Gasteiger partial charge in [0, 0.05) is 18.0 Å². The van der Waals surface area contributed by atoms with Crippen molar-refractivity contribution in [3.63, 3.8) is 0 Å². The largest absolute Gasteiger partial charge is 0.494 e. The number of ether oxygens (including phenoxy) is 1. The first-order chi connectivity index (χ1) is 12.8. The minimum absolute atomic E-state index is 0.645. The van der Waals surface area contributed by atoms with E-state index in [1.54, 1.807) is 0 Å². The Bertz CT molecular complexity index is 643. The van der Waals surface area contributed by atoms with Crippen LogP contribution in [-0.2, 0) is 0 Å². The number of aromatic nitrogens is 2. The van der Waals surface area contributed by atoms with Crippen molar-refractivity contribution in [2.75, 3.05) is 6.61 Å². The maximum Gasteiger partial charge on any atom is 0.159 e. The van der Waals surface area contributed by atoms with Crippen molar-refractivity contribution in [1.29, 1.82) is 0 Å². The Morgan fingerprint density at radius 2 is 1.62 bits per heavy atom. The van der Waals surface area contributed by atoms with Crippen LogP contribution in [0, 0.1) is 5.92 Å². The Kier molecular flexibility index (Phi) is 7.04. The molecule has 26 heavy (non-hydrogen) atoms. The average molecular weight is 353 g/mol. The molecule has 140 valence electrons. The summed E-state index contributed by atoms with van der Waals surface area (Å²) in [5, 5.41) is 0. The molecule has 0 N–H and O–H groups in total. The van der Waals surface area contributed by atoms with Gasteiger partial charge in [0.05, 0.1) is 6.61 Å². The van der Waals surface area contributed by atoms with Gasteiger partial charge in [-0.15, -0.1) is 0 Å². The fourth-order valence-electron chi connectivity index (χ4n) is 4.03. The molecular formula is C23H32N2O. The third-order valence-corrected chi connectivity index (χ3v) is 5.63. The van der Waals surface area contributed by atoms with Crippen LogP contribution in [0.4, 0.5) is 0 Å².